The maximum Gasteiger partial charge on any atom is 0.223 e. The van der Waals surface area contributed by atoms with Crippen LogP contribution in [0.3, 0.4) is 0 Å². The first-order valence-corrected chi connectivity index (χ1v) is 11.2. The van der Waals surface area contributed by atoms with E-state index < -0.39 is 0 Å². The number of allylic oxidation sites excluding steroid dienone is 1. The van der Waals surface area contributed by atoms with E-state index in [9.17, 15) is 0 Å². The summed E-state index contributed by atoms with van der Waals surface area (Å²) in [5, 5.41) is 6.88. The summed E-state index contributed by atoms with van der Waals surface area (Å²) in [5.74, 6) is 1.52. The number of methoxy groups -OCH3 is 1. The molecule has 1 fully saturated rings. The summed E-state index contributed by atoms with van der Waals surface area (Å²) in [6, 6.07) is 14.3. The molecule has 1 aromatic carbocycles. The molecule has 4 N–H and O–H groups in total. The fraction of sp³-hybridized carbons (Fsp3) is 0.280. The SMILES string of the molecule is COc1cc(C2=C(c3ccnc(N[C@@H]4CCCNC4)n3)N=C(c3ccccc3)C2)cnc1N. The van der Waals surface area contributed by atoms with Gasteiger partial charge >= 0.3 is 0 Å². The lowest BCUT2D eigenvalue weighted by Gasteiger charge is -2.23. The Morgan fingerprint density at radius 1 is 1.12 bits per heavy atom. The minimum absolute atomic E-state index is 0.319. The number of pyridine rings is 1. The van der Waals surface area contributed by atoms with Crippen LogP contribution in [0.5, 0.6) is 5.75 Å². The van der Waals surface area contributed by atoms with Crippen LogP contribution >= 0.6 is 0 Å². The fourth-order valence-corrected chi connectivity index (χ4v) is 4.24. The van der Waals surface area contributed by atoms with E-state index in [1.54, 1.807) is 19.5 Å². The zero-order valence-corrected chi connectivity index (χ0v) is 18.6. The van der Waals surface area contributed by atoms with Crippen LogP contribution in [0.4, 0.5) is 11.8 Å². The standard InChI is InChI=1S/C25H27N7O/c1-33-22-12-17(14-29-24(22)26)19-13-21(16-6-3-2-4-7-16)31-23(19)20-9-11-28-25(32-20)30-18-8-5-10-27-15-18/h2-4,6-7,9,11-12,14,18,27H,5,8,10,13,15H2,1H3,(H2,26,29)(H,28,30,32)/t18-/m1/s1. The quantitative estimate of drug-likeness (QED) is 0.538. The molecule has 0 unspecified atom stereocenters. The molecule has 0 aliphatic carbocycles. The Labute approximate surface area is 193 Å². The number of nitrogens with one attached hydrogen (secondary N) is 2. The number of anilines is 2. The fourth-order valence-electron chi connectivity index (χ4n) is 4.24. The Morgan fingerprint density at radius 3 is 2.79 bits per heavy atom. The number of hydrogen-bond donors (Lipinski definition) is 3. The lowest BCUT2D eigenvalue weighted by atomic mass is 9.98. The van der Waals surface area contributed by atoms with Gasteiger partial charge in [0.15, 0.2) is 11.6 Å². The zero-order chi connectivity index (χ0) is 22.6. The Balaban J connectivity index is 1.54. The third-order valence-electron chi connectivity index (χ3n) is 5.96. The minimum Gasteiger partial charge on any atom is -0.493 e. The number of rotatable bonds is 6. The maximum absolute atomic E-state index is 5.96. The highest BCUT2D eigenvalue weighted by atomic mass is 16.5. The average Bonchev–Trinajstić information content (AvgIpc) is 3.31. The maximum atomic E-state index is 5.96. The van der Waals surface area contributed by atoms with Gasteiger partial charge in [-0.2, -0.15) is 0 Å². The van der Waals surface area contributed by atoms with Crippen molar-refractivity contribution in [3.8, 4) is 5.75 Å². The number of nitrogens with two attached hydrogens (primary N) is 1. The summed E-state index contributed by atoms with van der Waals surface area (Å²) < 4.78 is 5.41. The number of nitrogen functional groups attached to an aromatic ring is 1. The largest absolute Gasteiger partial charge is 0.493 e. The van der Waals surface area contributed by atoms with E-state index in [2.05, 4.69) is 32.7 Å². The van der Waals surface area contributed by atoms with Crippen molar-refractivity contribution >= 4 is 28.7 Å². The normalized spacial score (nSPS) is 18.2. The molecule has 0 spiro atoms. The summed E-state index contributed by atoms with van der Waals surface area (Å²) in [6.45, 7) is 1.97. The molecule has 2 aliphatic heterocycles. The summed E-state index contributed by atoms with van der Waals surface area (Å²) in [7, 11) is 1.59. The molecule has 1 saturated heterocycles. The number of piperidine rings is 1. The molecular formula is C25H27N7O. The molecule has 33 heavy (non-hydrogen) atoms. The van der Waals surface area contributed by atoms with Gasteiger partial charge < -0.3 is 21.1 Å². The van der Waals surface area contributed by atoms with Crippen LogP contribution in [-0.4, -0.2) is 46.9 Å². The predicted molar refractivity (Wildman–Crippen MR) is 131 cm³/mol. The van der Waals surface area contributed by atoms with Crippen LogP contribution in [-0.2, 0) is 0 Å². The van der Waals surface area contributed by atoms with E-state index in [1.165, 1.54) is 0 Å². The van der Waals surface area contributed by atoms with Crippen LogP contribution in [0.2, 0.25) is 0 Å². The van der Waals surface area contributed by atoms with Crippen LogP contribution in [0, 0.1) is 0 Å². The van der Waals surface area contributed by atoms with Crippen molar-refractivity contribution < 1.29 is 4.74 Å². The Kier molecular flexibility index (Phi) is 5.99. The second-order valence-electron chi connectivity index (χ2n) is 8.19. The number of benzene rings is 1. The second-order valence-corrected chi connectivity index (χ2v) is 8.19. The molecule has 0 radical (unpaired) electrons. The molecule has 5 rings (SSSR count). The molecule has 2 aromatic heterocycles. The Bertz CT molecular complexity index is 1200. The van der Waals surface area contributed by atoms with Gasteiger partial charge in [-0.25, -0.2) is 19.9 Å². The van der Waals surface area contributed by atoms with Gasteiger partial charge in [0, 0.05) is 37.0 Å². The van der Waals surface area contributed by atoms with Crippen LogP contribution < -0.4 is 21.1 Å². The molecule has 0 saturated carbocycles. The second kappa shape index (κ2) is 9.38. The highest BCUT2D eigenvalue weighted by molar-refractivity contribution is 6.16. The van der Waals surface area contributed by atoms with Gasteiger partial charge in [-0.3, -0.25) is 0 Å². The first-order chi connectivity index (χ1) is 16.2. The Hall–Kier alpha value is -3.78. The summed E-state index contributed by atoms with van der Waals surface area (Å²) in [4.78, 5) is 18.6. The van der Waals surface area contributed by atoms with E-state index >= 15 is 0 Å². The van der Waals surface area contributed by atoms with E-state index in [4.69, 9.17) is 20.4 Å². The first kappa shape index (κ1) is 21.1. The van der Waals surface area contributed by atoms with Crippen molar-refractivity contribution in [2.24, 2.45) is 4.99 Å². The molecule has 2 aliphatic rings. The van der Waals surface area contributed by atoms with Gasteiger partial charge in [0.2, 0.25) is 5.95 Å². The number of nitrogens with zero attached hydrogens (tertiary/aromatic N) is 4. The van der Waals surface area contributed by atoms with Gasteiger partial charge in [-0.15, -0.1) is 0 Å². The monoisotopic (exact) mass is 441 g/mol. The van der Waals surface area contributed by atoms with Crippen LogP contribution in [0.1, 0.15) is 36.1 Å². The third-order valence-corrected chi connectivity index (χ3v) is 5.96. The molecule has 168 valence electrons. The summed E-state index contributed by atoms with van der Waals surface area (Å²) in [5.41, 5.74) is 11.6. The number of aromatic nitrogens is 3. The van der Waals surface area contributed by atoms with Crippen molar-refractivity contribution in [3.05, 3.63) is 71.7 Å². The average molecular weight is 442 g/mol. The van der Waals surface area contributed by atoms with E-state index in [0.717, 1.165) is 59.7 Å². The topological polar surface area (TPSA) is 110 Å². The highest BCUT2D eigenvalue weighted by Gasteiger charge is 2.24. The van der Waals surface area contributed by atoms with Crippen molar-refractivity contribution in [1.82, 2.24) is 20.3 Å². The van der Waals surface area contributed by atoms with Crippen LogP contribution in [0.25, 0.3) is 11.3 Å². The third kappa shape index (κ3) is 4.56. The number of aliphatic imine (C=N–C) groups is 1. The predicted octanol–water partition coefficient (Wildman–Crippen LogP) is 3.39. The molecular weight excluding hydrogens is 414 g/mol. The van der Waals surface area contributed by atoms with Gasteiger partial charge in [0.1, 0.15) is 0 Å². The number of hydrogen-bond acceptors (Lipinski definition) is 8. The lowest BCUT2D eigenvalue weighted by molar-refractivity contribution is 0.415. The van der Waals surface area contributed by atoms with Crippen molar-refractivity contribution in [3.63, 3.8) is 0 Å². The smallest absolute Gasteiger partial charge is 0.223 e. The molecule has 0 bridgehead atoms. The van der Waals surface area contributed by atoms with Crippen LogP contribution in [0.15, 0.2) is 59.9 Å². The molecule has 3 aromatic rings. The van der Waals surface area contributed by atoms with Gasteiger partial charge in [0.25, 0.3) is 0 Å². The van der Waals surface area contributed by atoms with Crippen molar-refractivity contribution in [2.45, 2.75) is 25.3 Å². The summed E-state index contributed by atoms with van der Waals surface area (Å²) >= 11 is 0. The first-order valence-electron chi connectivity index (χ1n) is 11.2. The molecule has 8 heteroatoms. The van der Waals surface area contributed by atoms with E-state index in [1.807, 2.05) is 30.3 Å². The molecule has 8 nitrogen and oxygen atoms in total. The lowest BCUT2D eigenvalue weighted by Crippen LogP contribution is -2.38. The molecule has 1 atom stereocenters. The Morgan fingerprint density at radius 2 is 2.00 bits per heavy atom. The minimum atomic E-state index is 0.319. The summed E-state index contributed by atoms with van der Waals surface area (Å²) in [6.07, 6.45) is 6.45. The van der Waals surface area contributed by atoms with Crippen molar-refractivity contribution in [2.75, 3.05) is 31.2 Å². The zero-order valence-electron chi connectivity index (χ0n) is 18.6. The van der Waals surface area contributed by atoms with E-state index in [0.29, 0.717) is 30.0 Å². The number of ether oxygens (including phenoxy) is 1. The highest BCUT2D eigenvalue weighted by Crippen LogP contribution is 2.38. The van der Waals surface area contributed by atoms with Crippen molar-refractivity contribution in [1.29, 1.82) is 0 Å². The van der Waals surface area contributed by atoms with E-state index in [-0.39, 0.29) is 0 Å². The van der Waals surface area contributed by atoms with Gasteiger partial charge in [-0.05, 0) is 42.7 Å². The molecule has 0 amide bonds. The van der Waals surface area contributed by atoms with Gasteiger partial charge in [0.05, 0.1) is 24.2 Å². The molecule has 4 heterocycles. The van der Waals surface area contributed by atoms with Gasteiger partial charge in [-0.1, -0.05) is 30.3 Å².